The second kappa shape index (κ2) is 15.0. The highest BCUT2D eigenvalue weighted by molar-refractivity contribution is 5.74. The molecule has 37 heavy (non-hydrogen) atoms. The normalized spacial score (nSPS) is 26.0. The average Bonchev–Trinajstić information content (AvgIpc) is 2.87. The van der Waals surface area contributed by atoms with Crippen molar-refractivity contribution in [3.63, 3.8) is 0 Å². The summed E-state index contributed by atoms with van der Waals surface area (Å²) in [5.74, 6) is 0.712. The van der Waals surface area contributed by atoms with Gasteiger partial charge in [0.2, 0.25) is 0 Å². The molecule has 1 aromatic rings. The summed E-state index contributed by atoms with van der Waals surface area (Å²) >= 11 is 0. The Morgan fingerprint density at radius 2 is 2.03 bits per heavy atom. The molecule has 7 heteroatoms. The Balaban J connectivity index is 1.60. The number of benzene rings is 1. The van der Waals surface area contributed by atoms with Gasteiger partial charge < -0.3 is 25.0 Å². The van der Waals surface area contributed by atoms with E-state index in [0.29, 0.717) is 38.5 Å². The van der Waals surface area contributed by atoms with E-state index < -0.39 is 5.67 Å². The van der Waals surface area contributed by atoms with Crippen molar-refractivity contribution in [3.05, 3.63) is 35.4 Å². The van der Waals surface area contributed by atoms with Gasteiger partial charge in [-0.3, -0.25) is 0 Å². The van der Waals surface area contributed by atoms with Gasteiger partial charge in [-0.2, -0.15) is 0 Å². The lowest BCUT2D eigenvalue weighted by atomic mass is 9.78. The fraction of sp³-hybridized carbons (Fsp3) is 0.767. The van der Waals surface area contributed by atoms with Crippen molar-refractivity contribution in [1.29, 1.82) is 0 Å². The van der Waals surface area contributed by atoms with Crippen molar-refractivity contribution < 1.29 is 18.7 Å². The number of amides is 2. The van der Waals surface area contributed by atoms with Crippen LogP contribution in [0.25, 0.3) is 0 Å². The summed E-state index contributed by atoms with van der Waals surface area (Å²) in [5.41, 5.74) is 1.38. The number of urea groups is 1. The van der Waals surface area contributed by atoms with Gasteiger partial charge in [-0.15, -0.1) is 0 Å². The number of piperidine rings is 1. The maximum atomic E-state index is 14.3. The molecule has 1 heterocycles. The number of carbonyl (C=O) groups excluding carboxylic acids is 1. The van der Waals surface area contributed by atoms with E-state index in [2.05, 4.69) is 41.8 Å². The number of aryl methyl sites for hydroxylation is 1. The van der Waals surface area contributed by atoms with Crippen LogP contribution in [-0.2, 0) is 9.47 Å². The Kier molecular flexibility index (Phi) is 12.1. The fourth-order valence-corrected chi connectivity index (χ4v) is 5.93. The molecule has 0 bridgehead atoms. The monoisotopic (exact) mass is 519 g/mol. The maximum Gasteiger partial charge on any atom is 0.317 e. The van der Waals surface area contributed by atoms with E-state index in [0.717, 1.165) is 58.2 Å². The first-order valence-corrected chi connectivity index (χ1v) is 14.5. The molecule has 1 aliphatic heterocycles. The fourth-order valence-electron chi connectivity index (χ4n) is 5.93. The summed E-state index contributed by atoms with van der Waals surface area (Å²) < 4.78 is 26.2. The molecule has 2 amide bonds. The largest absolute Gasteiger partial charge is 0.382 e. The predicted molar refractivity (Wildman–Crippen MR) is 148 cm³/mol. The molecule has 2 aliphatic rings. The lowest BCUT2D eigenvalue weighted by Gasteiger charge is -2.38. The van der Waals surface area contributed by atoms with Crippen LogP contribution < -0.4 is 10.6 Å². The molecule has 210 valence electrons. The Bertz CT molecular complexity index is 811. The zero-order valence-corrected chi connectivity index (χ0v) is 23.6. The number of ether oxygens (including phenoxy) is 2. The summed E-state index contributed by atoms with van der Waals surface area (Å²) in [6.45, 7) is 10.1. The van der Waals surface area contributed by atoms with Gasteiger partial charge in [-0.05, 0) is 90.7 Å². The molecule has 2 fully saturated rings. The van der Waals surface area contributed by atoms with Crippen LogP contribution >= 0.6 is 0 Å². The Hall–Kier alpha value is -1.70. The second-order valence-electron chi connectivity index (χ2n) is 11.4. The standard InChI is InChI=1S/C30H50FN3O3/c1-5-36-17-8-18-37-28(25-10-6-9-23(2)19-25)26-11-7-16-34(22-26)29(35)33-27(21-32-4)20-24-12-14-30(3,31)15-13-24/h6,9-10,19,24,26-28,32H,5,7-8,11-18,20-22H2,1-4H3,(H,33,35)/t24?,26-,27+,28+,30?/m1/s1. The van der Waals surface area contributed by atoms with E-state index in [1.807, 2.05) is 18.9 Å². The molecule has 0 unspecified atom stereocenters. The van der Waals surface area contributed by atoms with E-state index in [9.17, 15) is 9.18 Å². The topological polar surface area (TPSA) is 62.8 Å². The summed E-state index contributed by atoms with van der Waals surface area (Å²) in [6.07, 6.45) is 6.77. The molecule has 0 spiro atoms. The Morgan fingerprint density at radius 1 is 1.24 bits per heavy atom. The minimum atomic E-state index is -1.03. The lowest BCUT2D eigenvalue weighted by Crippen LogP contribution is -2.52. The number of alkyl halides is 1. The van der Waals surface area contributed by atoms with Crippen LogP contribution in [-0.4, -0.2) is 69.1 Å². The third-order valence-corrected chi connectivity index (χ3v) is 8.02. The number of likely N-dealkylation sites (N-methyl/N-ethyl adjacent to an activating group) is 1. The van der Waals surface area contributed by atoms with Gasteiger partial charge >= 0.3 is 6.03 Å². The molecule has 1 aliphatic carbocycles. The molecular weight excluding hydrogens is 469 g/mol. The van der Waals surface area contributed by atoms with Crippen LogP contribution in [0, 0.1) is 18.8 Å². The number of rotatable bonds is 13. The number of carbonyl (C=O) groups is 1. The predicted octanol–water partition coefficient (Wildman–Crippen LogP) is 5.80. The van der Waals surface area contributed by atoms with Gasteiger partial charge in [-0.1, -0.05) is 29.8 Å². The number of likely N-dealkylation sites (tertiary alicyclic amines) is 1. The smallest absolute Gasteiger partial charge is 0.317 e. The number of hydrogen-bond acceptors (Lipinski definition) is 4. The van der Waals surface area contributed by atoms with E-state index in [4.69, 9.17) is 9.47 Å². The molecule has 1 saturated heterocycles. The summed E-state index contributed by atoms with van der Waals surface area (Å²) in [4.78, 5) is 15.4. The maximum absolute atomic E-state index is 14.3. The van der Waals surface area contributed by atoms with Crippen LogP contribution in [0.1, 0.15) is 82.4 Å². The van der Waals surface area contributed by atoms with Gasteiger partial charge in [0, 0.05) is 51.4 Å². The van der Waals surface area contributed by atoms with Gasteiger partial charge in [0.15, 0.2) is 0 Å². The van der Waals surface area contributed by atoms with Crippen LogP contribution in [0.4, 0.5) is 9.18 Å². The van der Waals surface area contributed by atoms with Crippen LogP contribution in [0.5, 0.6) is 0 Å². The van der Waals surface area contributed by atoms with Crippen LogP contribution in [0.3, 0.4) is 0 Å². The first-order valence-electron chi connectivity index (χ1n) is 14.5. The van der Waals surface area contributed by atoms with Gasteiger partial charge in [0.1, 0.15) is 5.67 Å². The van der Waals surface area contributed by atoms with Gasteiger partial charge in [0.05, 0.1) is 6.10 Å². The highest BCUT2D eigenvalue weighted by Crippen LogP contribution is 2.37. The molecule has 6 nitrogen and oxygen atoms in total. The van der Waals surface area contributed by atoms with Crippen molar-refractivity contribution in [3.8, 4) is 0 Å². The van der Waals surface area contributed by atoms with Crippen LogP contribution in [0.2, 0.25) is 0 Å². The SMILES string of the molecule is CCOCCCO[C@@H](c1cccc(C)c1)[C@@H]1CCCN(C(=O)N[C@H](CNC)CC2CCC(C)(F)CC2)C1. The molecule has 1 saturated carbocycles. The minimum Gasteiger partial charge on any atom is -0.382 e. The lowest BCUT2D eigenvalue weighted by molar-refractivity contribution is -0.0185. The van der Waals surface area contributed by atoms with Gasteiger partial charge in [-0.25, -0.2) is 9.18 Å². The van der Waals surface area contributed by atoms with Gasteiger partial charge in [0.25, 0.3) is 0 Å². The van der Waals surface area contributed by atoms with Crippen molar-refractivity contribution in [2.75, 3.05) is 46.5 Å². The second-order valence-corrected chi connectivity index (χ2v) is 11.4. The molecule has 3 atom stereocenters. The quantitative estimate of drug-likeness (QED) is 0.324. The molecule has 1 aromatic carbocycles. The van der Waals surface area contributed by atoms with E-state index in [-0.39, 0.29) is 24.1 Å². The molecule has 0 radical (unpaired) electrons. The zero-order valence-electron chi connectivity index (χ0n) is 23.6. The summed E-state index contributed by atoms with van der Waals surface area (Å²) in [7, 11) is 1.92. The molecule has 2 N–H and O–H groups in total. The number of halogens is 1. The Morgan fingerprint density at radius 3 is 2.73 bits per heavy atom. The molecule has 0 aromatic heterocycles. The molecular formula is C30H50FN3O3. The number of nitrogens with zero attached hydrogens (tertiary/aromatic N) is 1. The van der Waals surface area contributed by atoms with Crippen molar-refractivity contribution >= 4 is 6.03 Å². The number of nitrogens with one attached hydrogen (secondary N) is 2. The van der Waals surface area contributed by atoms with Crippen molar-refractivity contribution in [2.24, 2.45) is 11.8 Å². The third-order valence-electron chi connectivity index (χ3n) is 8.02. The molecule has 3 rings (SSSR count). The van der Waals surface area contributed by atoms with Crippen molar-refractivity contribution in [1.82, 2.24) is 15.5 Å². The number of hydrogen-bond donors (Lipinski definition) is 2. The highest BCUT2D eigenvalue weighted by atomic mass is 19.1. The van der Waals surface area contributed by atoms with E-state index in [1.165, 1.54) is 11.1 Å². The Labute approximate surface area is 224 Å². The van der Waals surface area contributed by atoms with E-state index in [1.54, 1.807) is 6.92 Å². The third kappa shape index (κ3) is 9.84. The van der Waals surface area contributed by atoms with Crippen molar-refractivity contribution in [2.45, 2.75) is 90.0 Å². The average molecular weight is 520 g/mol. The first kappa shape index (κ1) is 29.9. The first-order chi connectivity index (χ1) is 17.8. The summed E-state index contributed by atoms with van der Waals surface area (Å²) in [6, 6.07) is 8.62. The van der Waals surface area contributed by atoms with Crippen LogP contribution in [0.15, 0.2) is 24.3 Å². The minimum absolute atomic E-state index is 0.00965. The zero-order chi connectivity index (χ0) is 26.7. The highest BCUT2D eigenvalue weighted by Gasteiger charge is 2.34. The van der Waals surface area contributed by atoms with E-state index >= 15 is 0 Å². The summed E-state index contributed by atoms with van der Waals surface area (Å²) in [5, 5.41) is 6.54.